The second kappa shape index (κ2) is 6.41. The lowest BCUT2D eigenvalue weighted by molar-refractivity contribution is -0.137. The van der Waals surface area contributed by atoms with Crippen LogP contribution < -0.4 is 5.32 Å². The van der Waals surface area contributed by atoms with E-state index in [2.05, 4.69) is 5.32 Å². The standard InChI is InChI=1S/C13H24N2O5/c1-13(2,3)5-8(4-11(18)19)14-12(20)15-6-9(16)10(17)7-15/h8-10,16-17H,4-7H2,1-3H3,(H,14,20)(H,18,19). The minimum absolute atomic E-state index is 0.0578. The highest BCUT2D eigenvalue weighted by molar-refractivity contribution is 5.76. The third-order valence-corrected chi connectivity index (χ3v) is 3.15. The second-order valence-corrected chi connectivity index (χ2v) is 6.55. The van der Waals surface area contributed by atoms with Crippen LogP contribution in [0.15, 0.2) is 0 Å². The largest absolute Gasteiger partial charge is 0.481 e. The van der Waals surface area contributed by atoms with Gasteiger partial charge in [-0.25, -0.2) is 4.79 Å². The molecule has 0 aromatic carbocycles. The SMILES string of the molecule is CC(C)(C)CC(CC(=O)O)NC(=O)N1CC(O)C(O)C1. The monoisotopic (exact) mass is 288 g/mol. The Labute approximate surface area is 118 Å². The third-order valence-electron chi connectivity index (χ3n) is 3.15. The number of aliphatic carboxylic acids is 1. The number of likely N-dealkylation sites (tertiary alicyclic amines) is 1. The van der Waals surface area contributed by atoms with Crippen LogP contribution in [0.2, 0.25) is 0 Å². The maximum atomic E-state index is 12.0. The molecule has 1 rings (SSSR count). The van der Waals surface area contributed by atoms with Crippen LogP contribution in [0.3, 0.4) is 0 Å². The van der Waals surface area contributed by atoms with Gasteiger partial charge in [0.2, 0.25) is 0 Å². The number of urea groups is 1. The summed E-state index contributed by atoms with van der Waals surface area (Å²) in [6, 6.07) is -0.925. The number of aliphatic hydroxyl groups excluding tert-OH is 2. The topological polar surface area (TPSA) is 110 Å². The summed E-state index contributed by atoms with van der Waals surface area (Å²) >= 11 is 0. The first kappa shape index (κ1) is 16.7. The van der Waals surface area contributed by atoms with Crippen LogP contribution in [0.25, 0.3) is 0 Å². The molecule has 0 aromatic heterocycles. The Morgan fingerprint density at radius 1 is 1.25 bits per heavy atom. The Balaban J connectivity index is 2.60. The Bertz CT molecular complexity index is 356. The number of β-amino-alcohol motifs (C(OH)–C–C–N with tert-alkyl or cyclic N) is 2. The Kier molecular flexibility index (Phi) is 5.35. The lowest BCUT2D eigenvalue weighted by Gasteiger charge is -2.27. The van der Waals surface area contributed by atoms with E-state index in [9.17, 15) is 19.8 Å². The van der Waals surface area contributed by atoms with Crippen LogP contribution in [-0.2, 0) is 4.79 Å². The first-order chi connectivity index (χ1) is 9.08. The number of nitrogens with zero attached hydrogens (tertiary/aromatic N) is 1. The van der Waals surface area contributed by atoms with Gasteiger partial charge in [0.15, 0.2) is 0 Å². The summed E-state index contributed by atoms with van der Waals surface area (Å²) in [5.74, 6) is -0.971. The fourth-order valence-corrected chi connectivity index (χ4v) is 2.33. The number of carboxylic acids is 1. The van der Waals surface area contributed by atoms with E-state index in [1.165, 1.54) is 4.90 Å². The number of amides is 2. The van der Waals surface area contributed by atoms with Crippen molar-refractivity contribution >= 4 is 12.0 Å². The van der Waals surface area contributed by atoms with E-state index in [-0.39, 0.29) is 24.9 Å². The molecule has 0 bridgehead atoms. The zero-order valence-corrected chi connectivity index (χ0v) is 12.2. The average molecular weight is 288 g/mol. The fraction of sp³-hybridized carbons (Fsp3) is 0.846. The Hall–Kier alpha value is -1.34. The van der Waals surface area contributed by atoms with Gasteiger partial charge in [0.1, 0.15) is 0 Å². The third kappa shape index (κ3) is 5.34. The molecule has 0 aromatic rings. The summed E-state index contributed by atoms with van der Waals surface area (Å²) < 4.78 is 0. The van der Waals surface area contributed by atoms with E-state index < -0.39 is 30.3 Å². The van der Waals surface area contributed by atoms with Gasteiger partial charge in [0.05, 0.1) is 31.7 Å². The molecule has 116 valence electrons. The van der Waals surface area contributed by atoms with E-state index in [1.54, 1.807) is 0 Å². The van der Waals surface area contributed by atoms with Crippen molar-refractivity contribution in [2.24, 2.45) is 5.41 Å². The van der Waals surface area contributed by atoms with Crippen LogP contribution in [-0.4, -0.2) is 63.6 Å². The molecule has 2 amide bonds. The number of carboxylic acid groups (broad SMARTS) is 1. The molecule has 4 N–H and O–H groups in total. The van der Waals surface area contributed by atoms with Crippen molar-refractivity contribution in [3.63, 3.8) is 0 Å². The molecule has 1 fully saturated rings. The highest BCUT2D eigenvalue weighted by Crippen LogP contribution is 2.22. The molecule has 3 atom stereocenters. The molecule has 1 aliphatic rings. The van der Waals surface area contributed by atoms with Gasteiger partial charge in [-0.3, -0.25) is 4.79 Å². The molecule has 0 spiro atoms. The number of carbonyl (C=O) groups is 2. The molecule has 0 radical (unpaired) electrons. The molecule has 0 saturated carbocycles. The normalized spacial score (nSPS) is 24.6. The molecule has 20 heavy (non-hydrogen) atoms. The predicted octanol–water partition coefficient (Wildman–Crippen LogP) is 0.0129. The van der Waals surface area contributed by atoms with E-state index >= 15 is 0 Å². The van der Waals surface area contributed by atoms with Crippen molar-refractivity contribution in [1.29, 1.82) is 0 Å². The van der Waals surface area contributed by atoms with Crippen molar-refractivity contribution in [3.05, 3.63) is 0 Å². The highest BCUT2D eigenvalue weighted by Gasteiger charge is 2.34. The van der Waals surface area contributed by atoms with Gasteiger partial charge in [-0.1, -0.05) is 20.8 Å². The molecule has 1 aliphatic heterocycles. The fourth-order valence-electron chi connectivity index (χ4n) is 2.33. The average Bonchev–Trinajstić information content (AvgIpc) is 2.55. The van der Waals surface area contributed by atoms with Crippen molar-refractivity contribution in [3.8, 4) is 0 Å². The molecular weight excluding hydrogens is 264 g/mol. The first-order valence-electron chi connectivity index (χ1n) is 6.72. The van der Waals surface area contributed by atoms with Crippen LogP contribution >= 0.6 is 0 Å². The number of rotatable bonds is 4. The van der Waals surface area contributed by atoms with E-state index in [0.717, 1.165) is 0 Å². The molecule has 1 saturated heterocycles. The number of carbonyl (C=O) groups excluding carboxylic acids is 1. The van der Waals surface area contributed by atoms with Gasteiger partial charge >= 0.3 is 12.0 Å². The summed E-state index contributed by atoms with van der Waals surface area (Å²) in [5.41, 5.74) is -0.114. The van der Waals surface area contributed by atoms with Crippen LogP contribution in [0, 0.1) is 5.41 Å². The number of hydrogen-bond acceptors (Lipinski definition) is 4. The first-order valence-corrected chi connectivity index (χ1v) is 6.72. The van der Waals surface area contributed by atoms with Crippen molar-refractivity contribution in [1.82, 2.24) is 10.2 Å². The van der Waals surface area contributed by atoms with Crippen LogP contribution in [0.5, 0.6) is 0 Å². The van der Waals surface area contributed by atoms with Gasteiger partial charge in [-0.15, -0.1) is 0 Å². The summed E-state index contributed by atoms with van der Waals surface area (Å²) in [6.07, 6.45) is -1.51. The molecule has 0 aliphatic carbocycles. The summed E-state index contributed by atoms with van der Waals surface area (Å²) in [6.45, 7) is 6.02. The smallest absolute Gasteiger partial charge is 0.317 e. The van der Waals surface area contributed by atoms with Crippen molar-refractivity contribution in [2.75, 3.05) is 13.1 Å². The van der Waals surface area contributed by atoms with Gasteiger partial charge in [-0.2, -0.15) is 0 Å². The highest BCUT2D eigenvalue weighted by atomic mass is 16.4. The maximum absolute atomic E-state index is 12.0. The van der Waals surface area contributed by atoms with Gasteiger partial charge < -0.3 is 25.5 Å². The van der Waals surface area contributed by atoms with E-state index in [0.29, 0.717) is 6.42 Å². The number of nitrogens with one attached hydrogen (secondary N) is 1. The zero-order valence-electron chi connectivity index (χ0n) is 12.2. The van der Waals surface area contributed by atoms with Crippen LogP contribution in [0.1, 0.15) is 33.6 Å². The number of hydrogen-bond donors (Lipinski definition) is 4. The number of aliphatic hydroxyl groups is 2. The summed E-state index contributed by atoms with van der Waals surface area (Å²) in [7, 11) is 0. The van der Waals surface area contributed by atoms with Gasteiger partial charge in [-0.05, 0) is 11.8 Å². The summed E-state index contributed by atoms with van der Waals surface area (Å²) in [5, 5.41) is 30.4. The molecule has 3 unspecified atom stereocenters. The van der Waals surface area contributed by atoms with Crippen molar-refractivity contribution in [2.45, 2.75) is 51.9 Å². The predicted molar refractivity (Wildman–Crippen MR) is 72.2 cm³/mol. The Morgan fingerprint density at radius 2 is 1.75 bits per heavy atom. The maximum Gasteiger partial charge on any atom is 0.317 e. The lowest BCUT2D eigenvalue weighted by atomic mass is 9.87. The second-order valence-electron chi connectivity index (χ2n) is 6.55. The van der Waals surface area contributed by atoms with Crippen LogP contribution in [0.4, 0.5) is 4.79 Å². The minimum atomic E-state index is -0.971. The zero-order chi connectivity index (χ0) is 15.5. The van der Waals surface area contributed by atoms with Gasteiger partial charge in [0.25, 0.3) is 0 Å². The van der Waals surface area contributed by atoms with E-state index in [4.69, 9.17) is 5.11 Å². The van der Waals surface area contributed by atoms with E-state index in [1.807, 2.05) is 20.8 Å². The molecular formula is C13H24N2O5. The molecule has 7 heteroatoms. The van der Waals surface area contributed by atoms with Gasteiger partial charge in [0, 0.05) is 6.04 Å². The molecule has 1 heterocycles. The van der Waals surface area contributed by atoms with Crippen molar-refractivity contribution < 1.29 is 24.9 Å². The summed E-state index contributed by atoms with van der Waals surface area (Å²) in [4.78, 5) is 24.2. The lowest BCUT2D eigenvalue weighted by Crippen LogP contribution is -2.46. The minimum Gasteiger partial charge on any atom is -0.481 e. The molecule has 7 nitrogen and oxygen atoms in total. The quantitative estimate of drug-likeness (QED) is 0.582. The Morgan fingerprint density at radius 3 is 2.15 bits per heavy atom.